The molecule has 0 saturated carbocycles. The van der Waals surface area contributed by atoms with Gasteiger partial charge in [-0.3, -0.25) is 4.79 Å². The van der Waals surface area contributed by atoms with E-state index in [4.69, 9.17) is 11.6 Å². The maximum absolute atomic E-state index is 12.9. The second-order valence-corrected chi connectivity index (χ2v) is 4.58. The van der Waals surface area contributed by atoms with Gasteiger partial charge in [0.05, 0.1) is 23.1 Å². The van der Waals surface area contributed by atoms with Crippen molar-refractivity contribution in [2.45, 2.75) is 25.4 Å². The Bertz CT molecular complexity index is 524. The van der Waals surface area contributed by atoms with Crippen LogP contribution in [0.4, 0.5) is 13.2 Å². The lowest BCUT2D eigenvalue weighted by molar-refractivity contribution is -0.138. The molecule has 0 saturated heterocycles. The number of rotatable bonds is 4. The minimum Gasteiger partial charge on any atom is -0.462 e. The number of ether oxygens (including phenoxy) is 1. The van der Waals surface area contributed by atoms with E-state index in [0.717, 1.165) is 18.2 Å². The zero-order valence-corrected chi connectivity index (χ0v) is 11.5. The molecule has 1 aromatic rings. The minimum absolute atomic E-state index is 0.102. The second kappa shape index (κ2) is 6.26. The molecule has 0 bridgehead atoms. The molecule has 0 aliphatic carbocycles. The number of hydrogen-bond acceptors (Lipinski definition) is 3. The number of hydrogen-bond donors (Lipinski definition) is 0. The van der Waals surface area contributed by atoms with Crippen molar-refractivity contribution in [1.29, 1.82) is 0 Å². The highest BCUT2D eigenvalue weighted by Crippen LogP contribution is 2.34. The molecule has 0 amide bonds. The van der Waals surface area contributed by atoms with Crippen molar-refractivity contribution >= 4 is 23.4 Å². The summed E-state index contributed by atoms with van der Waals surface area (Å²) in [5.74, 6) is -1.96. The summed E-state index contributed by atoms with van der Waals surface area (Å²) >= 11 is 5.60. The van der Waals surface area contributed by atoms with Crippen molar-refractivity contribution in [3.63, 3.8) is 0 Å². The Labute approximate surface area is 118 Å². The van der Waals surface area contributed by atoms with Gasteiger partial charge in [0.2, 0.25) is 0 Å². The van der Waals surface area contributed by atoms with Gasteiger partial charge >= 0.3 is 12.1 Å². The molecule has 20 heavy (non-hydrogen) atoms. The first kappa shape index (κ1) is 16.5. The number of alkyl halides is 4. The third kappa shape index (κ3) is 3.50. The van der Waals surface area contributed by atoms with Crippen LogP contribution in [0.5, 0.6) is 0 Å². The SMILES string of the molecule is CCOC(=O)c1c(C(=O)C(C)Cl)cccc1C(F)(F)F. The summed E-state index contributed by atoms with van der Waals surface area (Å²) in [5, 5.41) is -1.05. The van der Waals surface area contributed by atoms with Gasteiger partial charge in [-0.2, -0.15) is 13.2 Å². The molecule has 0 spiro atoms. The lowest BCUT2D eigenvalue weighted by Crippen LogP contribution is -2.22. The standard InChI is InChI=1S/C13H12ClF3O3/c1-3-20-12(19)10-8(11(18)7(2)14)5-4-6-9(10)13(15,16)17/h4-7H,3H2,1-2H3. The summed E-state index contributed by atoms with van der Waals surface area (Å²) in [6, 6.07) is 2.91. The van der Waals surface area contributed by atoms with Crippen molar-refractivity contribution in [3.8, 4) is 0 Å². The summed E-state index contributed by atoms with van der Waals surface area (Å²) in [6.45, 7) is 2.67. The minimum atomic E-state index is -4.77. The lowest BCUT2D eigenvalue weighted by atomic mass is 9.96. The molecule has 1 atom stereocenters. The molecule has 3 nitrogen and oxygen atoms in total. The van der Waals surface area contributed by atoms with Crippen molar-refractivity contribution in [1.82, 2.24) is 0 Å². The Morgan fingerprint density at radius 2 is 1.95 bits per heavy atom. The smallest absolute Gasteiger partial charge is 0.417 e. The number of halogens is 4. The maximum Gasteiger partial charge on any atom is 0.417 e. The first-order chi connectivity index (χ1) is 9.20. The third-order valence-electron chi connectivity index (χ3n) is 2.48. The van der Waals surface area contributed by atoms with Crippen LogP contribution in [-0.2, 0) is 10.9 Å². The Kier molecular flexibility index (Phi) is 5.16. The molecule has 1 rings (SSSR count). The van der Waals surface area contributed by atoms with E-state index >= 15 is 0 Å². The largest absolute Gasteiger partial charge is 0.462 e. The molecule has 1 unspecified atom stereocenters. The Balaban J connectivity index is 3.53. The molecule has 1 aromatic carbocycles. The van der Waals surface area contributed by atoms with E-state index in [1.807, 2.05) is 0 Å². The molecule has 0 fully saturated rings. The Morgan fingerprint density at radius 1 is 1.35 bits per heavy atom. The number of benzene rings is 1. The van der Waals surface area contributed by atoms with Gasteiger partial charge in [0.1, 0.15) is 0 Å². The van der Waals surface area contributed by atoms with Crippen LogP contribution in [0.15, 0.2) is 18.2 Å². The number of carbonyl (C=O) groups is 2. The number of Topliss-reactive ketones (excluding diaryl/α,β-unsaturated/α-hetero) is 1. The Hall–Kier alpha value is -1.56. The molecule has 7 heteroatoms. The average Bonchev–Trinajstić information content (AvgIpc) is 2.36. The van der Waals surface area contributed by atoms with Gasteiger partial charge in [-0.15, -0.1) is 11.6 Å². The Morgan fingerprint density at radius 3 is 2.40 bits per heavy atom. The van der Waals surface area contributed by atoms with E-state index in [1.165, 1.54) is 13.8 Å². The van der Waals surface area contributed by atoms with E-state index in [1.54, 1.807) is 0 Å². The zero-order chi connectivity index (χ0) is 15.5. The molecule has 0 aliphatic rings. The molecule has 0 aromatic heterocycles. The van der Waals surface area contributed by atoms with Crippen molar-refractivity contribution in [3.05, 3.63) is 34.9 Å². The van der Waals surface area contributed by atoms with Crippen LogP contribution in [-0.4, -0.2) is 23.7 Å². The van der Waals surface area contributed by atoms with Crippen molar-refractivity contribution < 1.29 is 27.5 Å². The first-order valence-corrected chi connectivity index (χ1v) is 6.19. The summed E-state index contributed by atoms with van der Waals surface area (Å²) < 4.78 is 43.4. The van der Waals surface area contributed by atoms with E-state index in [-0.39, 0.29) is 12.2 Å². The maximum atomic E-state index is 12.9. The highest BCUT2D eigenvalue weighted by Gasteiger charge is 2.38. The van der Waals surface area contributed by atoms with Gasteiger partial charge in [-0.1, -0.05) is 12.1 Å². The van der Waals surface area contributed by atoms with Crippen LogP contribution in [0.3, 0.4) is 0 Å². The molecule has 0 radical (unpaired) electrons. The summed E-state index contributed by atoms with van der Waals surface area (Å²) in [7, 11) is 0. The number of ketones is 1. The lowest BCUT2D eigenvalue weighted by Gasteiger charge is -2.15. The molecule has 0 heterocycles. The molecular weight excluding hydrogens is 297 g/mol. The van der Waals surface area contributed by atoms with Crippen molar-refractivity contribution in [2.75, 3.05) is 6.61 Å². The van der Waals surface area contributed by atoms with Gasteiger partial charge in [0.25, 0.3) is 0 Å². The zero-order valence-electron chi connectivity index (χ0n) is 10.8. The molecule has 110 valence electrons. The van der Waals surface area contributed by atoms with Crippen LogP contribution in [0.2, 0.25) is 0 Å². The fourth-order valence-electron chi connectivity index (χ4n) is 1.63. The number of carbonyl (C=O) groups excluding carboxylic acids is 2. The van der Waals surface area contributed by atoms with Crippen molar-refractivity contribution in [2.24, 2.45) is 0 Å². The predicted octanol–water partition coefficient (Wildman–Crippen LogP) is 3.69. The topological polar surface area (TPSA) is 43.4 Å². The quantitative estimate of drug-likeness (QED) is 0.484. The normalized spacial score (nSPS) is 12.9. The van der Waals surface area contributed by atoms with E-state index in [2.05, 4.69) is 4.74 Å². The molecule has 0 aliphatic heterocycles. The second-order valence-electron chi connectivity index (χ2n) is 3.93. The third-order valence-corrected chi connectivity index (χ3v) is 2.67. The highest BCUT2D eigenvalue weighted by atomic mass is 35.5. The monoisotopic (exact) mass is 308 g/mol. The van der Waals surface area contributed by atoms with Crippen LogP contribution in [0.25, 0.3) is 0 Å². The van der Waals surface area contributed by atoms with E-state index < -0.39 is 34.4 Å². The summed E-state index contributed by atoms with van der Waals surface area (Å²) in [5.41, 5.74) is -2.39. The fourth-order valence-corrected chi connectivity index (χ4v) is 1.75. The highest BCUT2D eigenvalue weighted by molar-refractivity contribution is 6.34. The average molecular weight is 309 g/mol. The molecule has 0 N–H and O–H groups in total. The van der Waals surface area contributed by atoms with Crippen LogP contribution >= 0.6 is 11.6 Å². The van der Waals surface area contributed by atoms with Crippen LogP contribution in [0, 0.1) is 0 Å². The first-order valence-electron chi connectivity index (χ1n) is 5.75. The van der Waals surface area contributed by atoms with Gasteiger partial charge in [0.15, 0.2) is 5.78 Å². The van der Waals surface area contributed by atoms with Gasteiger partial charge in [-0.05, 0) is 19.9 Å². The summed E-state index contributed by atoms with van der Waals surface area (Å²) in [6.07, 6.45) is -4.77. The van der Waals surface area contributed by atoms with Crippen LogP contribution in [0.1, 0.15) is 40.1 Å². The van der Waals surface area contributed by atoms with Gasteiger partial charge < -0.3 is 4.74 Å². The van der Waals surface area contributed by atoms with Gasteiger partial charge in [-0.25, -0.2) is 4.79 Å². The number of esters is 1. The van der Waals surface area contributed by atoms with Crippen LogP contribution < -0.4 is 0 Å². The predicted molar refractivity (Wildman–Crippen MR) is 67.0 cm³/mol. The molecular formula is C13H12ClF3O3. The van der Waals surface area contributed by atoms with E-state index in [9.17, 15) is 22.8 Å². The fraction of sp³-hybridized carbons (Fsp3) is 0.385. The summed E-state index contributed by atoms with van der Waals surface area (Å²) in [4.78, 5) is 23.6. The van der Waals surface area contributed by atoms with Gasteiger partial charge in [0, 0.05) is 5.56 Å². The van der Waals surface area contributed by atoms with E-state index in [0.29, 0.717) is 0 Å².